The van der Waals surface area contributed by atoms with Crippen molar-refractivity contribution in [3.05, 3.63) is 89.5 Å². The number of benzene rings is 3. The first kappa shape index (κ1) is 21.3. The molecule has 0 aromatic heterocycles. The second kappa shape index (κ2) is 7.27. The van der Waals surface area contributed by atoms with Crippen LogP contribution in [-0.4, -0.2) is 42.2 Å². The van der Waals surface area contributed by atoms with E-state index in [4.69, 9.17) is 4.74 Å². The smallest absolute Gasteiger partial charge is 0.251 e. The molecule has 4 aliphatic heterocycles. The van der Waals surface area contributed by atoms with Crippen LogP contribution >= 0.6 is 0 Å². The highest BCUT2D eigenvalue weighted by Gasteiger charge is 2.81. The summed E-state index contributed by atoms with van der Waals surface area (Å²) in [6.45, 7) is 0.635. The van der Waals surface area contributed by atoms with Crippen LogP contribution in [0.5, 0.6) is 5.75 Å². The highest BCUT2D eigenvalue weighted by Crippen LogP contribution is 2.67. The molecule has 2 N–H and O–H groups in total. The fourth-order valence-electron chi connectivity index (χ4n) is 7.47. The molecule has 4 heterocycles. The SMILES string of the molecule is COc1ccc(C(=O)[C@@H]2C3CCCN3[C@@]3(C(=O)Nc4ccccc43)[C@@]23C(=O)Nc2ccccc23)cc1. The Morgan fingerprint density at radius 1 is 0.889 bits per heavy atom. The maximum Gasteiger partial charge on any atom is 0.251 e. The number of fused-ring (bicyclic) bond motifs is 7. The number of amides is 2. The van der Waals surface area contributed by atoms with E-state index in [1.807, 2.05) is 48.5 Å². The van der Waals surface area contributed by atoms with E-state index in [-0.39, 0.29) is 23.6 Å². The van der Waals surface area contributed by atoms with Crippen LogP contribution in [0.1, 0.15) is 34.3 Å². The van der Waals surface area contributed by atoms with Gasteiger partial charge in [-0.1, -0.05) is 36.4 Å². The molecule has 36 heavy (non-hydrogen) atoms. The summed E-state index contributed by atoms with van der Waals surface area (Å²) in [7, 11) is 1.58. The number of carbonyl (C=O) groups excluding carboxylic acids is 3. The third-order valence-electron chi connectivity index (χ3n) is 8.66. The van der Waals surface area contributed by atoms with Gasteiger partial charge in [-0.3, -0.25) is 19.3 Å². The van der Waals surface area contributed by atoms with Gasteiger partial charge in [-0.25, -0.2) is 0 Å². The monoisotopic (exact) mass is 479 g/mol. The zero-order chi connectivity index (χ0) is 24.7. The van der Waals surface area contributed by atoms with Gasteiger partial charge in [0.05, 0.1) is 13.0 Å². The van der Waals surface area contributed by atoms with Gasteiger partial charge in [0.25, 0.3) is 5.91 Å². The average Bonchev–Trinajstić information content (AvgIpc) is 3.62. The van der Waals surface area contributed by atoms with Gasteiger partial charge < -0.3 is 15.4 Å². The first-order valence-electron chi connectivity index (χ1n) is 12.3. The number of ether oxygens (including phenoxy) is 1. The Morgan fingerprint density at radius 3 is 2.25 bits per heavy atom. The second-order valence-electron chi connectivity index (χ2n) is 9.99. The van der Waals surface area contributed by atoms with Gasteiger partial charge in [0.2, 0.25) is 5.91 Å². The molecular weight excluding hydrogens is 454 g/mol. The number of anilines is 2. The van der Waals surface area contributed by atoms with E-state index in [0.29, 0.717) is 34.8 Å². The summed E-state index contributed by atoms with van der Waals surface area (Å²) in [4.78, 5) is 45.2. The molecular formula is C29H25N3O4. The molecule has 2 saturated heterocycles. The minimum atomic E-state index is -1.41. The lowest BCUT2D eigenvalue weighted by Crippen LogP contribution is -2.62. The van der Waals surface area contributed by atoms with E-state index in [9.17, 15) is 14.4 Å². The Bertz CT molecular complexity index is 1450. The predicted molar refractivity (Wildman–Crippen MR) is 134 cm³/mol. The third-order valence-corrected chi connectivity index (χ3v) is 8.66. The average molecular weight is 480 g/mol. The number of para-hydroxylation sites is 2. The molecule has 3 aromatic carbocycles. The van der Waals surface area contributed by atoms with Crippen molar-refractivity contribution in [2.45, 2.75) is 29.8 Å². The number of ketones is 1. The van der Waals surface area contributed by atoms with Gasteiger partial charge >= 0.3 is 0 Å². The number of rotatable bonds is 3. The number of hydrogen-bond donors (Lipinski definition) is 2. The topological polar surface area (TPSA) is 87.7 Å². The Hall–Kier alpha value is -3.97. The quantitative estimate of drug-likeness (QED) is 0.560. The van der Waals surface area contributed by atoms with Crippen LogP contribution < -0.4 is 15.4 Å². The largest absolute Gasteiger partial charge is 0.497 e. The van der Waals surface area contributed by atoms with E-state index >= 15 is 0 Å². The van der Waals surface area contributed by atoms with Crippen molar-refractivity contribution in [1.82, 2.24) is 4.90 Å². The zero-order valence-corrected chi connectivity index (χ0v) is 19.8. The Kier molecular flexibility index (Phi) is 4.31. The van der Waals surface area contributed by atoms with Gasteiger partial charge in [-0.2, -0.15) is 0 Å². The van der Waals surface area contributed by atoms with E-state index in [1.54, 1.807) is 31.4 Å². The minimum absolute atomic E-state index is 0.129. The number of Topliss-reactive ketones (excluding diaryl/α,β-unsaturated/α-hetero) is 1. The fraction of sp³-hybridized carbons (Fsp3) is 0.276. The van der Waals surface area contributed by atoms with Gasteiger partial charge in [0.1, 0.15) is 16.7 Å². The minimum Gasteiger partial charge on any atom is -0.497 e. The summed E-state index contributed by atoms with van der Waals surface area (Å²) >= 11 is 0. The van der Waals surface area contributed by atoms with Gasteiger partial charge in [-0.15, -0.1) is 0 Å². The van der Waals surface area contributed by atoms with Crippen LogP contribution in [0.3, 0.4) is 0 Å². The Morgan fingerprint density at radius 2 is 1.53 bits per heavy atom. The predicted octanol–water partition coefficient (Wildman–Crippen LogP) is 3.71. The van der Waals surface area contributed by atoms with Crippen molar-refractivity contribution < 1.29 is 19.1 Å². The first-order valence-corrected chi connectivity index (χ1v) is 12.3. The molecule has 2 amide bonds. The maximum absolute atomic E-state index is 14.5. The number of carbonyl (C=O) groups is 3. The van der Waals surface area contributed by atoms with Crippen molar-refractivity contribution in [3.63, 3.8) is 0 Å². The Labute approximate surface area is 208 Å². The lowest BCUT2D eigenvalue weighted by atomic mass is 9.57. The van der Waals surface area contributed by atoms with Crippen molar-refractivity contribution in [2.75, 3.05) is 24.3 Å². The molecule has 2 fully saturated rings. The van der Waals surface area contributed by atoms with Gasteiger partial charge in [-0.05, 0) is 61.3 Å². The summed E-state index contributed by atoms with van der Waals surface area (Å²) in [6, 6.07) is 21.9. The Balaban J connectivity index is 1.56. The molecule has 0 radical (unpaired) electrons. The maximum atomic E-state index is 14.5. The molecule has 0 aliphatic carbocycles. The number of methoxy groups -OCH3 is 1. The van der Waals surface area contributed by atoms with Crippen molar-refractivity contribution in [2.24, 2.45) is 5.92 Å². The van der Waals surface area contributed by atoms with Crippen LogP contribution in [0.15, 0.2) is 72.8 Å². The summed E-state index contributed by atoms with van der Waals surface area (Å²) in [5, 5.41) is 6.13. The van der Waals surface area contributed by atoms with Gasteiger partial charge in [0, 0.05) is 28.5 Å². The van der Waals surface area contributed by atoms with Crippen molar-refractivity contribution >= 4 is 29.0 Å². The molecule has 7 heteroatoms. The van der Waals surface area contributed by atoms with Crippen molar-refractivity contribution in [1.29, 1.82) is 0 Å². The third kappa shape index (κ3) is 2.29. The number of hydrogen-bond acceptors (Lipinski definition) is 5. The molecule has 0 bridgehead atoms. The van der Waals surface area contributed by atoms with Crippen molar-refractivity contribution in [3.8, 4) is 5.75 Å². The normalized spacial score (nSPS) is 29.7. The molecule has 1 unspecified atom stereocenters. The van der Waals surface area contributed by atoms with E-state index in [2.05, 4.69) is 15.5 Å². The van der Waals surface area contributed by atoms with Crippen LogP contribution in [0.4, 0.5) is 11.4 Å². The molecule has 3 aromatic rings. The van der Waals surface area contributed by atoms with Crippen LogP contribution in [0, 0.1) is 5.92 Å². The lowest BCUT2D eigenvalue weighted by Gasteiger charge is -2.43. The molecule has 7 rings (SSSR count). The summed E-state index contributed by atoms with van der Waals surface area (Å²) in [5.74, 6) is -0.756. The van der Waals surface area contributed by atoms with E-state index in [1.165, 1.54) is 0 Å². The number of nitrogens with one attached hydrogen (secondary N) is 2. The highest BCUT2D eigenvalue weighted by molar-refractivity contribution is 6.21. The summed E-state index contributed by atoms with van der Waals surface area (Å²) in [5.41, 5.74) is 0.598. The molecule has 4 atom stereocenters. The van der Waals surface area contributed by atoms with Crippen LogP contribution in [0.25, 0.3) is 0 Å². The summed E-state index contributed by atoms with van der Waals surface area (Å²) < 4.78 is 5.29. The standard InChI is InChI=1S/C29H25N3O4/c1-36-18-14-12-17(13-15-18)25(33)24-23-11-6-16-32(23)29(20-8-3-5-10-22(20)31-27(29)35)28(24)19-7-2-4-9-21(19)30-26(28)34/h2-5,7-10,12-15,23-24H,6,11,16H2,1H3,(H,30,34)(H,31,35)/t23?,24-,28+,29-/m0/s1. The van der Waals surface area contributed by atoms with Crippen LogP contribution in [0.2, 0.25) is 0 Å². The number of nitrogens with zero attached hydrogens (tertiary/aromatic N) is 1. The zero-order valence-electron chi connectivity index (χ0n) is 19.8. The summed E-state index contributed by atoms with van der Waals surface area (Å²) in [6.07, 6.45) is 1.59. The van der Waals surface area contributed by atoms with E-state index < -0.39 is 16.9 Å². The second-order valence-corrected chi connectivity index (χ2v) is 9.99. The molecule has 2 spiro atoms. The molecule has 0 saturated carbocycles. The van der Waals surface area contributed by atoms with Gasteiger partial charge in [0.15, 0.2) is 5.78 Å². The van der Waals surface area contributed by atoms with Crippen LogP contribution in [-0.2, 0) is 20.5 Å². The lowest BCUT2D eigenvalue weighted by molar-refractivity contribution is -0.137. The molecule has 4 aliphatic rings. The first-order chi connectivity index (χ1) is 17.5. The van der Waals surface area contributed by atoms with E-state index in [0.717, 1.165) is 18.4 Å². The molecule has 180 valence electrons. The molecule has 7 nitrogen and oxygen atoms in total. The fourth-order valence-corrected chi connectivity index (χ4v) is 7.47. The highest BCUT2D eigenvalue weighted by atomic mass is 16.5.